The van der Waals surface area contributed by atoms with Gasteiger partial charge in [0.25, 0.3) is 0 Å². The van der Waals surface area contributed by atoms with Crippen molar-refractivity contribution in [1.82, 2.24) is 9.80 Å². The lowest BCUT2D eigenvalue weighted by atomic mass is 9.50. The molecule has 2 atom stereocenters. The van der Waals surface area contributed by atoms with Crippen LogP contribution in [0.25, 0.3) is 0 Å². The number of amidine groups is 1. The second-order valence-corrected chi connectivity index (χ2v) is 14.6. The Balaban J connectivity index is 2.75. The number of rotatable bonds is 4. The fraction of sp³-hybridized carbons (Fsp3) is 0.759. The van der Waals surface area contributed by atoms with Crippen LogP contribution in [0.4, 0.5) is 0 Å². The Bertz CT molecular complexity index is 905. The molecule has 6 nitrogen and oxygen atoms in total. The molecule has 0 aliphatic carbocycles. The Morgan fingerprint density at radius 3 is 2.11 bits per heavy atom. The maximum atomic E-state index is 7.36. The molecule has 2 unspecified atom stereocenters. The number of likely N-dealkylation sites (N-methyl/N-ethyl adjacent to an activating group) is 1. The lowest BCUT2D eigenvalue weighted by molar-refractivity contribution is -0.0700. The van der Waals surface area contributed by atoms with Crippen LogP contribution in [-0.4, -0.2) is 76.6 Å². The highest BCUT2D eigenvalue weighted by molar-refractivity contribution is 7.19. The van der Waals surface area contributed by atoms with Crippen LogP contribution in [-0.2, 0) is 0 Å². The summed E-state index contributed by atoms with van der Waals surface area (Å²) in [4.78, 5) is 18.7. The molecule has 204 valence electrons. The van der Waals surface area contributed by atoms with Gasteiger partial charge in [-0.3, -0.25) is 9.98 Å². The van der Waals surface area contributed by atoms with Crippen LogP contribution in [0.3, 0.4) is 0 Å². The molecule has 0 radical (unpaired) electrons. The molecule has 0 aromatic carbocycles. The van der Waals surface area contributed by atoms with Gasteiger partial charge in [0.2, 0.25) is 0 Å². The van der Waals surface area contributed by atoms with Crippen molar-refractivity contribution in [2.24, 2.45) is 31.5 Å². The van der Waals surface area contributed by atoms with Gasteiger partial charge in [-0.2, -0.15) is 0 Å². The van der Waals surface area contributed by atoms with Crippen LogP contribution in [0, 0.1) is 10.8 Å². The van der Waals surface area contributed by atoms with E-state index in [2.05, 4.69) is 112 Å². The summed E-state index contributed by atoms with van der Waals surface area (Å²) in [5, 5.41) is -0.253. The zero-order chi connectivity index (χ0) is 27.8. The average Bonchev–Trinajstić information content (AvgIpc) is 2.70. The van der Waals surface area contributed by atoms with E-state index in [1.807, 2.05) is 12.2 Å². The van der Waals surface area contributed by atoms with Crippen LogP contribution in [0.5, 0.6) is 0 Å². The molecule has 1 fully saturated rings. The van der Waals surface area contributed by atoms with E-state index in [-0.39, 0.29) is 27.1 Å². The van der Waals surface area contributed by atoms with E-state index >= 15 is 0 Å². The number of likely N-dealkylation sites (tertiary alicyclic amines) is 1. The number of allylic oxidation sites excluding steroid dienone is 1. The molecule has 0 bridgehead atoms. The van der Waals surface area contributed by atoms with E-state index in [1.165, 1.54) is 0 Å². The first-order chi connectivity index (χ1) is 16.3. The molecule has 0 saturated carbocycles. The van der Waals surface area contributed by atoms with Crippen LogP contribution in [0.2, 0.25) is 0 Å². The lowest BCUT2D eigenvalue weighted by Gasteiger charge is -2.68. The minimum absolute atomic E-state index is 0.129. The van der Waals surface area contributed by atoms with Gasteiger partial charge in [-0.1, -0.05) is 47.3 Å². The van der Waals surface area contributed by atoms with Crippen molar-refractivity contribution in [3.05, 3.63) is 24.4 Å². The Labute approximate surface area is 223 Å². The van der Waals surface area contributed by atoms with Crippen molar-refractivity contribution in [2.75, 3.05) is 26.7 Å². The summed E-state index contributed by atoms with van der Waals surface area (Å²) in [5.41, 5.74) is 6.79. The summed E-state index contributed by atoms with van der Waals surface area (Å²) in [5.74, 6) is 0.782. The van der Waals surface area contributed by atoms with Crippen molar-refractivity contribution in [1.29, 1.82) is 0 Å². The molecule has 0 amide bonds. The quantitative estimate of drug-likeness (QED) is 0.498. The summed E-state index contributed by atoms with van der Waals surface area (Å²) in [6.45, 7) is 30.0. The highest BCUT2D eigenvalue weighted by atomic mass is 31.0. The molecule has 0 spiro atoms. The largest absolute Gasteiger partial charge is 0.345 e. The van der Waals surface area contributed by atoms with Crippen LogP contribution in [0.1, 0.15) is 82.1 Å². The zero-order valence-corrected chi connectivity index (χ0v) is 26.1. The standard InChI is InChI=1S/C29H53N6P/c1-13-34(12)20-28(11,30)29(36)24(3,4)18-26(7,8)35(27(9,10)19-25(29,5)6)23-22(2)32-17-15-14-16-31-21-33-23/h14-15,17,21H,2,13,16,18-20,30,36H2,1,3-12H3/b15-14-,31-21-,32-17-,33-23+. The molecule has 2 aliphatic heterocycles. The van der Waals surface area contributed by atoms with Gasteiger partial charge >= 0.3 is 0 Å². The average molecular weight is 517 g/mol. The molecule has 2 heterocycles. The van der Waals surface area contributed by atoms with Gasteiger partial charge in [-0.05, 0) is 78.0 Å². The molecule has 2 rings (SSSR count). The van der Waals surface area contributed by atoms with Crippen molar-refractivity contribution >= 4 is 27.6 Å². The molecular formula is C29H53N6P. The number of nitrogens with two attached hydrogens (primary N) is 1. The summed E-state index contributed by atoms with van der Waals surface area (Å²) < 4.78 is 0. The topological polar surface area (TPSA) is 69.6 Å². The number of hydrogen-bond acceptors (Lipinski definition) is 6. The summed E-state index contributed by atoms with van der Waals surface area (Å²) in [6.07, 6.45) is 9.14. The van der Waals surface area contributed by atoms with E-state index < -0.39 is 5.54 Å². The van der Waals surface area contributed by atoms with Gasteiger partial charge < -0.3 is 15.5 Å². The SMILES string of the molecule is C=C1/N=C\C=C/C/N=C\N=C/1N1C(C)(C)CC(C)(C)C(P)(C(C)(N)CN(C)CC)C(C)(C)CC1(C)C. The van der Waals surface area contributed by atoms with Crippen molar-refractivity contribution in [2.45, 2.75) is 104 Å². The minimum atomic E-state index is -0.440. The predicted octanol–water partition coefficient (Wildman–Crippen LogP) is 5.56. The van der Waals surface area contributed by atoms with Crippen LogP contribution in [0.15, 0.2) is 39.4 Å². The maximum Gasteiger partial charge on any atom is 0.156 e. The fourth-order valence-electron chi connectivity index (χ4n) is 8.03. The Hall–Kier alpha value is -1.36. The van der Waals surface area contributed by atoms with E-state index in [0.29, 0.717) is 12.2 Å². The summed E-state index contributed by atoms with van der Waals surface area (Å²) >= 11 is 0. The van der Waals surface area contributed by atoms with Gasteiger partial charge in [0, 0.05) is 34.5 Å². The normalized spacial score (nSPS) is 30.8. The summed E-state index contributed by atoms with van der Waals surface area (Å²) in [7, 11) is 5.48. The van der Waals surface area contributed by atoms with Gasteiger partial charge in [0.1, 0.15) is 6.34 Å². The monoisotopic (exact) mass is 516 g/mol. The van der Waals surface area contributed by atoms with Crippen molar-refractivity contribution in [3.63, 3.8) is 0 Å². The highest BCUT2D eigenvalue weighted by Crippen LogP contribution is 2.63. The fourth-order valence-corrected chi connectivity index (χ4v) is 8.32. The predicted molar refractivity (Wildman–Crippen MR) is 163 cm³/mol. The van der Waals surface area contributed by atoms with E-state index in [0.717, 1.165) is 31.8 Å². The lowest BCUT2D eigenvalue weighted by Crippen LogP contribution is -2.75. The minimum Gasteiger partial charge on any atom is -0.345 e. The van der Waals surface area contributed by atoms with Crippen LogP contribution >= 0.6 is 9.24 Å². The third kappa shape index (κ3) is 5.71. The second-order valence-electron chi connectivity index (χ2n) is 13.7. The van der Waals surface area contributed by atoms with Gasteiger partial charge in [0.05, 0.1) is 12.2 Å². The molecule has 2 N–H and O–H groups in total. The van der Waals surface area contributed by atoms with E-state index in [1.54, 1.807) is 12.6 Å². The molecule has 7 heteroatoms. The first-order valence-corrected chi connectivity index (χ1v) is 13.8. The number of aliphatic imine (C=N–C) groups is 3. The Morgan fingerprint density at radius 2 is 1.61 bits per heavy atom. The molecule has 36 heavy (non-hydrogen) atoms. The molecule has 0 aromatic rings. The van der Waals surface area contributed by atoms with Gasteiger partial charge in [0.15, 0.2) is 5.84 Å². The Morgan fingerprint density at radius 1 is 1.08 bits per heavy atom. The van der Waals surface area contributed by atoms with E-state index in [9.17, 15) is 0 Å². The highest BCUT2D eigenvalue weighted by Gasteiger charge is 2.64. The molecule has 2 aliphatic rings. The third-order valence-corrected chi connectivity index (χ3v) is 10.8. The van der Waals surface area contributed by atoms with Crippen LogP contribution < -0.4 is 5.73 Å². The molecular weight excluding hydrogens is 463 g/mol. The Kier molecular flexibility index (Phi) is 8.93. The second kappa shape index (κ2) is 10.4. The van der Waals surface area contributed by atoms with Crippen molar-refractivity contribution < 1.29 is 0 Å². The maximum absolute atomic E-state index is 7.36. The van der Waals surface area contributed by atoms with E-state index in [4.69, 9.17) is 10.7 Å². The van der Waals surface area contributed by atoms with Crippen molar-refractivity contribution in [3.8, 4) is 0 Å². The first-order valence-electron chi connectivity index (χ1n) is 13.3. The zero-order valence-electron chi connectivity index (χ0n) is 24.9. The van der Waals surface area contributed by atoms with Gasteiger partial charge in [-0.25, -0.2) is 4.99 Å². The first kappa shape index (κ1) is 30.9. The summed E-state index contributed by atoms with van der Waals surface area (Å²) in [6, 6.07) is 0. The number of hydrogen-bond donors (Lipinski definition) is 1. The molecule has 0 aromatic heterocycles. The smallest absolute Gasteiger partial charge is 0.156 e. The van der Waals surface area contributed by atoms with Gasteiger partial charge in [-0.15, -0.1) is 9.24 Å². The molecule has 1 saturated heterocycles. The third-order valence-electron chi connectivity index (χ3n) is 8.53. The number of nitrogens with zero attached hydrogens (tertiary/aromatic N) is 5.